The van der Waals surface area contributed by atoms with Crippen molar-refractivity contribution in [1.82, 2.24) is 19.5 Å². The second kappa shape index (κ2) is 11.7. The fraction of sp³-hybridized carbons (Fsp3) is 0.783. The molecule has 4 N–H and O–H groups in total. The van der Waals surface area contributed by atoms with Gasteiger partial charge < -0.3 is 20.9 Å². The third kappa shape index (κ3) is 5.78. The summed E-state index contributed by atoms with van der Waals surface area (Å²) in [5, 5.41) is 7.28. The maximum Gasteiger partial charge on any atom is 0.227 e. The van der Waals surface area contributed by atoms with Crippen LogP contribution in [0.4, 0.5) is 11.8 Å². The van der Waals surface area contributed by atoms with Gasteiger partial charge in [-0.15, -0.1) is 24.8 Å². The molecule has 0 spiro atoms. The summed E-state index contributed by atoms with van der Waals surface area (Å²) < 4.78 is 2.30. The van der Waals surface area contributed by atoms with Gasteiger partial charge in [0.2, 0.25) is 5.95 Å². The quantitative estimate of drug-likeness (QED) is 0.504. The molecule has 3 aliphatic rings. The van der Waals surface area contributed by atoms with Crippen molar-refractivity contribution in [1.29, 1.82) is 0 Å². The van der Waals surface area contributed by atoms with Crippen LogP contribution in [0.15, 0.2) is 6.33 Å². The summed E-state index contributed by atoms with van der Waals surface area (Å²) in [5.74, 6) is 2.39. The Morgan fingerprint density at radius 3 is 2.28 bits per heavy atom. The maximum absolute atomic E-state index is 6.09. The van der Waals surface area contributed by atoms with Crippen molar-refractivity contribution in [2.45, 2.75) is 102 Å². The van der Waals surface area contributed by atoms with Gasteiger partial charge in [-0.25, -0.2) is 4.98 Å². The number of nitrogens with zero attached hydrogens (tertiary/aromatic N) is 4. The number of nitrogens with two attached hydrogens (primary N) is 1. The van der Waals surface area contributed by atoms with E-state index >= 15 is 0 Å². The van der Waals surface area contributed by atoms with Crippen LogP contribution >= 0.6 is 24.8 Å². The number of nitrogens with one attached hydrogen (secondary N) is 2. The van der Waals surface area contributed by atoms with Gasteiger partial charge in [0, 0.05) is 24.7 Å². The number of aromatic nitrogens is 4. The third-order valence-corrected chi connectivity index (χ3v) is 7.53. The molecule has 3 fully saturated rings. The molecule has 5 rings (SSSR count). The molecule has 7 nitrogen and oxygen atoms in total. The molecule has 0 aliphatic heterocycles. The first-order chi connectivity index (χ1) is 14.8. The SMILES string of the molecule is Cl.Cl.N[C@H]1CC[C@H](Nc2nc(NCC3CCCCC3)c3ncn(C4CCCC4)c3n2)CC1. The Bertz CT molecular complexity index is 838. The van der Waals surface area contributed by atoms with E-state index in [4.69, 9.17) is 20.7 Å². The van der Waals surface area contributed by atoms with Crippen LogP contribution in [0.3, 0.4) is 0 Å². The lowest BCUT2D eigenvalue weighted by Gasteiger charge is -2.27. The van der Waals surface area contributed by atoms with Crippen LogP contribution in [-0.4, -0.2) is 38.1 Å². The highest BCUT2D eigenvalue weighted by Gasteiger charge is 2.24. The van der Waals surface area contributed by atoms with Gasteiger partial charge in [-0.05, 0) is 57.3 Å². The summed E-state index contributed by atoms with van der Waals surface area (Å²) in [6.45, 7) is 0.986. The van der Waals surface area contributed by atoms with Crippen molar-refractivity contribution < 1.29 is 0 Å². The van der Waals surface area contributed by atoms with Crippen molar-refractivity contribution in [2.24, 2.45) is 11.7 Å². The lowest BCUT2D eigenvalue weighted by atomic mass is 9.89. The molecule has 0 bridgehead atoms. The number of hydrogen-bond donors (Lipinski definition) is 3. The summed E-state index contributed by atoms with van der Waals surface area (Å²) in [5.41, 5.74) is 8.00. The maximum atomic E-state index is 6.09. The average Bonchev–Trinajstić information content (AvgIpc) is 3.44. The molecule has 0 unspecified atom stereocenters. The van der Waals surface area contributed by atoms with Gasteiger partial charge in [0.15, 0.2) is 17.0 Å². The van der Waals surface area contributed by atoms with Gasteiger partial charge in [0.25, 0.3) is 0 Å². The molecule has 0 radical (unpaired) electrons. The van der Waals surface area contributed by atoms with Crippen molar-refractivity contribution in [3.63, 3.8) is 0 Å². The van der Waals surface area contributed by atoms with Crippen LogP contribution in [0, 0.1) is 5.92 Å². The zero-order valence-corrected chi connectivity index (χ0v) is 20.6. The first-order valence-electron chi connectivity index (χ1n) is 12.3. The molecule has 0 amide bonds. The number of imidazole rings is 1. The van der Waals surface area contributed by atoms with E-state index in [9.17, 15) is 0 Å². The van der Waals surface area contributed by atoms with Gasteiger partial charge in [0.1, 0.15) is 0 Å². The van der Waals surface area contributed by atoms with Crippen LogP contribution in [0.25, 0.3) is 11.2 Å². The Morgan fingerprint density at radius 1 is 0.875 bits per heavy atom. The van der Waals surface area contributed by atoms with E-state index in [1.807, 2.05) is 6.33 Å². The van der Waals surface area contributed by atoms with Gasteiger partial charge in [-0.1, -0.05) is 32.1 Å². The summed E-state index contributed by atoms with van der Waals surface area (Å²) >= 11 is 0. The molecule has 0 aromatic carbocycles. The average molecular weight is 485 g/mol. The standard InChI is InChI=1S/C23H37N7.2ClH/c24-17-10-12-18(13-11-17)27-23-28-21(25-14-16-6-2-1-3-7-16)20-22(29-23)30(15-26-20)19-8-4-5-9-19;;/h15-19H,1-14,24H2,(H2,25,27,28,29);2*1H/t17-,18-;;. The molecule has 9 heteroatoms. The summed E-state index contributed by atoms with van der Waals surface area (Å²) in [7, 11) is 0. The minimum atomic E-state index is 0. The highest BCUT2D eigenvalue weighted by Crippen LogP contribution is 2.33. The van der Waals surface area contributed by atoms with Crippen LogP contribution in [0.5, 0.6) is 0 Å². The number of hydrogen-bond acceptors (Lipinski definition) is 6. The molecule has 2 aromatic heterocycles. The summed E-state index contributed by atoms with van der Waals surface area (Å²) in [6, 6.07) is 1.29. The molecule has 3 saturated carbocycles. The van der Waals surface area contributed by atoms with Gasteiger partial charge >= 0.3 is 0 Å². The Morgan fingerprint density at radius 2 is 1.56 bits per heavy atom. The molecule has 0 saturated heterocycles. The van der Waals surface area contributed by atoms with Crippen LogP contribution in [-0.2, 0) is 0 Å². The molecule has 180 valence electrons. The largest absolute Gasteiger partial charge is 0.368 e. The van der Waals surface area contributed by atoms with E-state index in [1.54, 1.807) is 0 Å². The van der Waals surface area contributed by atoms with Crippen LogP contribution in [0.1, 0.15) is 89.5 Å². The van der Waals surface area contributed by atoms with E-state index in [0.29, 0.717) is 18.1 Å². The minimum absolute atomic E-state index is 0. The molecule has 3 aliphatic carbocycles. The molecular weight excluding hydrogens is 445 g/mol. The second-order valence-electron chi connectivity index (χ2n) is 9.80. The first-order valence-corrected chi connectivity index (χ1v) is 12.3. The zero-order chi connectivity index (χ0) is 20.3. The summed E-state index contributed by atoms with van der Waals surface area (Å²) in [6.07, 6.45) is 18.1. The monoisotopic (exact) mass is 483 g/mol. The third-order valence-electron chi connectivity index (χ3n) is 7.53. The predicted molar refractivity (Wildman–Crippen MR) is 136 cm³/mol. The fourth-order valence-corrected chi connectivity index (χ4v) is 5.63. The molecule has 2 heterocycles. The number of rotatable bonds is 6. The number of anilines is 2. The van der Waals surface area contributed by atoms with Crippen LogP contribution in [0.2, 0.25) is 0 Å². The van der Waals surface area contributed by atoms with E-state index < -0.39 is 0 Å². The Hall–Kier alpha value is -1.31. The van der Waals surface area contributed by atoms with E-state index in [0.717, 1.165) is 61.1 Å². The van der Waals surface area contributed by atoms with Crippen molar-refractivity contribution in [3.8, 4) is 0 Å². The van der Waals surface area contributed by atoms with Crippen molar-refractivity contribution in [3.05, 3.63) is 6.33 Å². The van der Waals surface area contributed by atoms with Gasteiger partial charge in [-0.3, -0.25) is 0 Å². The zero-order valence-electron chi connectivity index (χ0n) is 19.0. The second-order valence-corrected chi connectivity index (χ2v) is 9.80. The lowest BCUT2D eigenvalue weighted by Crippen LogP contribution is -2.33. The van der Waals surface area contributed by atoms with E-state index in [1.165, 1.54) is 57.8 Å². The highest BCUT2D eigenvalue weighted by atomic mass is 35.5. The van der Waals surface area contributed by atoms with Crippen LogP contribution < -0.4 is 16.4 Å². The molecular formula is C23H39Cl2N7. The molecule has 2 aromatic rings. The summed E-state index contributed by atoms with van der Waals surface area (Å²) in [4.78, 5) is 14.6. The minimum Gasteiger partial charge on any atom is -0.368 e. The Labute approximate surface area is 203 Å². The van der Waals surface area contributed by atoms with Gasteiger partial charge in [0.05, 0.1) is 6.33 Å². The lowest BCUT2D eigenvalue weighted by molar-refractivity contribution is 0.373. The first kappa shape index (κ1) is 25.3. The topological polar surface area (TPSA) is 93.7 Å². The smallest absolute Gasteiger partial charge is 0.227 e. The van der Waals surface area contributed by atoms with Crippen molar-refractivity contribution in [2.75, 3.05) is 17.2 Å². The molecule has 0 atom stereocenters. The molecule has 32 heavy (non-hydrogen) atoms. The predicted octanol–water partition coefficient (Wildman–Crippen LogP) is 5.46. The Kier molecular flexibility index (Phi) is 9.26. The van der Waals surface area contributed by atoms with Gasteiger partial charge in [-0.2, -0.15) is 9.97 Å². The number of fused-ring (bicyclic) bond motifs is 1. The highest BCUT2D eigenvalue weighted by molar-refractivity contribution is 5.86. The van der Waals surface area contributed by atoms with E-state index in [2.05, 4.69) is 15.2 Å². The van der Waals surface area contributed by atoms with E-state index in [-0.39, 0.29) is 24.8 Å². The number of halogens is 2. The normalized spacial score (nSPS) is 24.7. The fourth-order valence-electron chi connectivity index (χ4n) is 5.63. The Balaban J connectivity index is 0.00000144. The van der Waals surface area contributed by atoms with Crippen molar-refractivity contribution >= 4 is 47.7 Å².